The molecule has 2 heterocycles. The van der Waals surface area contributed by atoms with Gasteiger partial charge in [0, 0.05) is 31.5 Å². The first-order valence-electron chi connectivity index (χ1n) is 10.6. The van der Waals surface area contributed by atoms with Crippen LogP contribution in [0, 0.1) is 17.2 Å². The van der Waals surface area contributed by atoms with Crippen LogP contribution in [0.2, 0.25) is 0 Å². The molecule has 0 radical (unpaired) electrons. The fourth-order valence-corrected chi connectivity index (χ4v) is 4.17. The molecule has 1 saturated carbocycles. The topological polar surface area (TPSA) is 113 Å². The minimum Gasteiger partial charge on any atom is -0.384 e. The average molecular weight is 431 g/mol. The van der Waals surface area contributed by atoms with E-state index in [-0.39, 0.29) is 17.5 Å². The van der Waals surface area contributed by atoms with Gasteiger partial charge in [-0.3, -0.25) is 14.7 Å². The van der Waals surface area contributed by atoms with Crippen molar-refractivity contribution in [3.05, 3.63) is 70.3 Å². The smallest absolute Gasteiger partial charge is 0.272 e. The number of aromatic nitrogens is 3. The summed E-state index contributed by atoms with van der Waals surface area (Å²) in [7, 11) is 1.68. The molecule has 2 atom stereocenters. The van der Waals surface area contributed by atoms with Gasteiger partial charge in [-0.2, -0.15) is 5.26 Å². The molecular weight excluding hydrogens is 406 g/mol. The third-order valence-corrected chi connectivity index (χ3v) is 5.89. The zero-order chi connectivity index (χ0) is 22.5. The third-order valence-electron chi connectivity index (χ3n) is 5.89. The Morgan fingerprint density at radius 1 is 1.28 bits per heavy atom. The molecule has 0 aliphatic heterocycles. The molecule has 1 aliphatic rings. The lowest BCUT2D eigenvalue weighted by molar-refractivity contribution is 0.0898. The minimum absolute atomic E-state index is 0.116. The van der Waals surface area contributed by atoms with Crippen LogP contribution in [0.4, 0.5) is 0 Å². The van der Waals surface area contributed by atoms with Crippen LogP contribution in [-0.2, 0) is 11.2 Å². The number of carbonyl (C=O) groups is 1. The lowest BCUT2D eigenvalue weighted by Crippen LogP contribution is -2.38. The number of nitrogens with one attached hydrogen (secondary N) is 2. The summed E-state index contributed by atoms with van der Waals surface area (Å²) in [5.41, 5.74) is 2.38. The molecule has 1 fully saturated rings. The Labute approximate surface area is 185 Å². The molecule has 2 aromatic heterocycles. The number of aromatic amines is 1. The van der Waals surface area contributed by atoms with E-state index in [0.29, 0.717) is 35.9 Å². The van der Waals surface area contributed by atoms with Crippen LogP contribution < -0.4 is 10.9 Å². The Hall–Kier alpha value is -3.70. The highest BCUT2D eigenvalue weighted by Crippen LogP contribution is 2.26. The van der Waals surface area contributed by atoms with Gasteiger partial charge in [0.15, 0.2) is 5.82 Å². The molecule has 0 bridgehead atoms. The van der Waals surface area contributed by atoms with Crippen molar-refractivity contribution in [1.82, 2.24) is 20.1 Å². The van der Waals surface area contributed by atoms with Gasteiger partial charge in [-0.25, -0.2) is 9.67 Å². The standard InChI is InChI=1S/C24H25N5O3/c1-32-15-19-3-2-4-21(19)27-23(30)18-9-10-22(26-13-18)29-14-20(24(31)28-29)17-7-5-16(6-8-17)11-12-25/h5-10,13-14,19,21H,2-4,11,15H2,1H3,(H,27,30)(H,28,31)/t19-,21-/m1/s1. The Kier molecular flexibility index (Phi) is 6.47. The van der Waals surface area contributed by atoms with Crippen LogP contribution >= 0.6 is 0 Å². The number of amides is 1. The highest BCUT2D eigenvalue weighted by atomic mass is 16.5. The summed E-state index contributed by atoms with van der Waals surface area (Å²) in [5, 5.41) is 14.6. The number of hydrogen-bond donors (Lipinski definition) is 2. The van der Waals surface area contributed by atoms with Crippen molar-refractivity contribution in [3.63, 3.8) is 0 Å². The van der Waals surface area contributed by atoms with Crippen molar-refractivity contribution in [3.8, 4) is 23.0 Å². The van der Waals surface area contributed by atoms with E-state index >= 15 is 0 Å². The maximum atomic E-state index is 12.6. The quantitative estimate of drug-likeness (QED) is 0.597. The number of nitrogens with zero attached hydrogens (tertiary/aromatic N) is 3. The van der Waals surface area contributed by atoms with Crippen molar-refractivity contribution >= 4 is 5.91 Å². The first kappa shape index (κ1) is 21.5. The Morgan fingerprint density at radius 2 is 2.09 bits per heavy atom. The van der Waals surface area contributed by atoms with E-state index in [2.05, 4.69) is 21.5 Å². The number of ether oxygens (including phenoxy) is 1. The molecule has 1 aromatic carbocycles. The van der Waals surface area contributed by atoms with Crippen molar-refractivity contribution in [2.45, 2.75) is 31.7 Å². The highest BCUT2D eigenvalue weighted by Gasteiger charge is 2.28. The highest BCUT2D eigenvalue weighted by molar-refractivity contribution is 5.94. The molecule has 3 aromatic rings. The van der Waals surface area contributed by atoms with Gasteiger partial charge in [0.25, 0.3) is 11.5 Å². The van der Waals surface area contributed by atoms with Crippen LogP contribution in [0.5, 0.6) is 0 Å². The lowest BCUT2D eigenvalue weighted by atomic mass is 10.0. The number of benzene rings is 1. The van der Waals surface area contributed by atoms with E-state index in [4.69, 9.17) is 10.00 Å². The summed E-state index contributed by atoms with van der Waals surface area (Å²) >= 11 is 0. The molecule has 1 amide bonds. The molecule has 164 valence electrons. The summed E-state index contributed by atoms with van der Waals surface area (Å²) in [6.07, 6.45) is 6.61. The van der Waals surface area contributed by atoms with Crippen molar-refractivity contribution in [2.75, 3.05) is 13.7 Å². The number of hydrogen-bond acceptors (Lipinski definition) is 5. The monoisotopic (exact) mass is 431 g/mol. The van der Waals surface area contributed by atoms with Gasteiger partial charge in [-0.15, -0.1) is 0 Å². The van der Waals surface area contributed by atoms with Crippen molar-refractivity contribution in [1.29, 1.82) is 5.26 Å². The number of methoxy groups -OCH3 is 1. The van der Waals surface area contributed by atoms with E-state index in [9.17, 15) is 9.59 Å². The predicted octanol–water partition coefficient (Wildman–Crippen LogP) is 2.84. The SMILES string of the molecule is COC[C@H]1CCC[C@H]1NC(=O)c1ccc(-n2cc(-c3ccc(CC#N)cc3)c(=O)[nH]2)nc1. The van der Waals surface area contributed by atoms with Crippen LogP contribution in [0.15, 0.2) is 53.6 Å². The minimum atomic E-state index is -0.243. The second kappa shape index (κ2) is 9.62. The van der Waals surface area contributed by atoms with Crippen LogP contribution in [0.25, 0.3) is 16.9 Å². The molecule has 32 heavy (non-hydrogen) atoms. The molecule has 0 saturated heterocycles. The molecule has 8 heteroatoms. The molecule has 4 rings (SSSR count). The number of carbonyl (C=O) groups excluding carboxylic acids is 1. The first-order valence-corrected chi connectivity index (χ1v) is 10.6. The zero-order valence-corrected chi connectivity index (χ0v) is 17.9. The largest absolute Gasteiger partial charge is 0.384 e. The van der Waals surface area contributed by atoms with E-state index in [1.165, 1.54) is 10.9 Å². The van der Waals surface area contributed by atoms with Gasteiger partial charge >= 0.3 is 0 Å². The summed E-state index contributed by atoms with van der Waals surface area (Å²) in [6.45, 7) is 0.645. The molecule has 0 unspecified atom stereocenters. The van der Waals surface area contributed by atoms with Crippen molar-refractivity contribution in [2.24, 2.45) is 5.92 Å². The Balaban J connectivity index is 1.47. The second-order valence-electron chi connectivity index (χ2n) is 8.02. The lowest BCUT2D eigenvalue weighted by Gasteiger charge is -2.20. The number of pyridine rings is 1. The fourth-order valence-electron chi connectivity index (χ4n) is 4.17. The predicted molar refractivity (Wildman–Crippen MR) is 119 cm³/mol. The van der Waals surface area contributed by atoms with Gasteiger partial charge in [0.1, 0.15) is 0 Å². The fraction of sp³-hybridized carbons (Fsp3) is 0.333. The molecule has 0 spiro atoms. The number of nitriles is 1. The van der Waals surface area contributed by atoms with Gasteiger partial charge in [-0.1, -0.05) is 30.7 Å². The first-order chi connectivity index (χ1) is 15.6. The van der Waals surface area contributed by atoms with Gasteiger partial charge < -0.3 is 10.1 Å². The molecule has 8 nitrogen and oxygen atoms in total. The summed E-state index contributed by atoms with van der Waals surface area (Å²) < 4.78 is 6.80. The summed E-state index contributed by atoms with van der Waals surface area (Å²) in [5.74, 6) is 0.689. The van der Waals surface area contributed by atoms with Crippen molar-refractivity contribution < 1.29 is 9.53 Å². The molecular formula is C24H25N5O3. The van der Waals surface area contributed by atoms with Crippen LogP contribution in [0.1, 0.15) is 35.2 Å². The maximum absolute atomic E-state index is 12.6. The second-order valence-corrected chi connectivity index (χ2v) is 8.02. The normalized spacial score (nSPS) is 17.8. The van der Waals surface area contributed by atoms with Crippen LogP contribution in [-0.4, -0.2) is 40.4 Å². The van der Waals surface area contributed by atoms with Gasteiger partial charge in [0.2, 0.25) is 0 Å². The van der Waals surface area contributed by atoms with E-state index < -0.39 is 0 Å². The Bertz CT molecular complexity index is 1170. The average Bonchev–Trinajstić information content (AvgIpc) is 3.41. The summed E-state index contributed by atoms with van der Waals surface area (Å²) in [4.78, 5) is 29.4. The zero-order valence-electron chi connectivity index (χ0n) is 17.9. The third kappa shape index (κ3) is 4.63. The van der Waals surface area contributed by atoms with Gasteiger partial charge in [0.05, 0.1) is 30.2 Å². The number of rotatable bonds is 7. The molecule has 2 N–H and O–H groups in total. The summed E-state index contributed by atoms with van der Waals surface area (Å²) in [6, 6.07) is 12.9. The number of H-pyrrole nitrogens is 1. The van der Waals surface area contributed by atoms with Gasteiger partial charge in [-0.05, 0) is 36.1 Å². The van der Waals surface area contributed by atoms with E-state index in [0.717, 1.165) is 30.4 Å². The van der Waals surface area contributed by atoms with Crippen LogP contribution in [0.3, 0.4) is 0 Å². The Morgan fingerprint density at radius 3 is 2.78 bits per heavy atom. The van der Waals surface area contributed by atoms with E-state index in [1.807, 2.05) is 24.3 Å². The van der Waals surface area contributed by atoms with E-state index in [1.54, 1.807) is 25.4 Å². The molecule has 1 aliphatic carbocycles. The maximum Gasteiger partial charge on any atom is 0.272 e.